The summed E-state index contributed by atoms with van der Waals surface area (Å²) in [4.78, 5) is 21.5. The van der Waals surface area contributed by atoms with E-state index in [1.807, 2.05) is 0 Å². The molecule has 5 heteroatoms. The third kappa shape index (κ3) is 2.69. The number of hydrogen-bond acceptors (Lipinski definition) is 3. The first-order chi connectivity index (χ1) is 6.11. The maximum absolute atomic E-state index is 10.7. The van der Waals surface area contributed by atoms with E-state index in [0.29, 0.717) is 13.0 Å². The second-order valence-corrected chi connectivity index (χ2v) is 3.12. The molecule has 13 heavy (non-hydrogen) atoms. The van der Waals surface area contributed by atoms with Gasteiger partial charge in [0.25, 0.3) is 0 Å². The van der Waals surface area contributed by atoms with E-state index in [0.717, 1.165) is 0 Å². The molecule has 1 heterocycles. The van der Waals surface area contributed by atoms with Crippen LogP contribution in [0.3, 0.4) is 0 Å². The molecule has 1 aliphatic heterocycles. The van der Waals surface area contributed by atoms with Gasteiger partial charge in [0, 0.05) is 13.5 Å². The Labute approximate surface area is 76.1 Å². The average Bonchev–Trinajstić information content (AvgIpc) is 2.03. The topological polar surface area (TPSA) is 75.6 Å². The van der Waals surface area contributed by atoms with Gasteiger partial charge >= 0.3 is 5.97 Å². The molecule has 0 aliphatic carbocycles. The molecule has 0 spiro atoms. The minimum atomic E-state index is -0.873. The number of rotatable bonds is 2. The fourth-order valence-electron chi connectivity index (χ4n) is 1.44. The first-order valence-electron chi connectivity index (χ1n) is 4.19. The van der Waals surface area contributed by atoms with E-state index in [4.69, 9.17) is 9.84 Å². The number of hydrogen-bond donors (Lipinski definition) is 2. The fourth-order valence-corrected chi connectivity index (χ4v) is 1.44. The third-order valence-electron chi connectivity index (χ3n) is 2.06. The molecule has 0 bridgehead atoms. The van der Waals surface area contributed by atoms with Crippen LogP contribution in [-0.2, 0) is 14.3 Å². The smallest absolute Gasteiger partial charge is 0.308 e. The van der Waals surface area contributed by atoms with Gasteiger partial charge in [0.05, 0.1) is 18.6 Å². The van der Waals surface area contributed by atoms with E-state index in [2.05, 4.69) is 5.32 Å². The Morgan fingerprint density at radius 3 is 2.77 bits per heavy atom. The Kier molecular flexibility index (Phi) is 3.25. The monoisotopic (exact) mass is 187 g/mol. The lowest BCUT2D eigenvalue weighted by Crippen LogP contribution is -2.48. The lowest BCUT2D eigenvalue weighted by Gasteiger charge is -2.28. The van der Waals surface area contributed by atoms with Gasteiger partial charge in [-0.05, 0) is 6.42 Å². The number of ether oxygens (including phenoxy) is 1. The van der Waals surface area contributed by atoms with E-state index in [9.17, 15) is 9.59 Å². The lowest BCUT2D eigenvalue weighted by atomic mass is 9.95. The molecular formula is C8H13NO4. The van der Waals surface area contributed by atoms with Crippen LogP contribution in [-0.4, -0.2) is 36.2 Å². The number of carbonyl (C=O) groups is 2. The van der Waals surface area contributed by atoms with Crippen LogP contribution in [0.5, 0.6) is 0 Å². The summed E-state index contributed by atoms with van der Waals surface area (Å²) in [5, 5.41) is 11.4. The Hall–Kier alpha value is -1.10. The van der Waals surface area contributed by atoms with Crippen molar-refractivity contribution < 1.29 is 19.4 Å². The fraction of sp³-hybridized carbons (Fsp3) is 0.750. The van der Waals surface area contributed by atoms with Gasteiger partial charge in [-0.3, -0.25) is 9.59 Å². The summed E-state index contributed by atoms with van der Waals surface area (Å²) < 4.78 is 5.09. The minimum Gasteiger partial charge on any atom is -0.481 e. The molecular weight excluding hydrogens is 174 g/mol. The molecule has 0 radical (unpaired) electrons. The highest BCUT2D eigenvalue weighted by Crippen LogP contribution is 2.15. The van der Waals surface area contributed by atoms with Crippen molar-refractivity contribution in [3.05, 3.63) is 0 Å². The van der Waals surface area contributed by atoms with Crippen molar-refractivity contribution in [2.75, 3.05) is 13.2 Å². The summed E-state index contributed by atoms with van der Waals surface area (Å²) in [5.74, 6) is -1.61. The predicted octanol–water partition coefficient (Wildman–Crippen LogP) is -0.388. The molecule has 2 unspecified atom stereocenters. The molecule has 1 saturated heterocycles. The van der Waals surface area contributed by atoms with Gasteiger partial charge in [-0.1, -0.05) is 0 Å². The van der Waals surface area contributed by atoms with Crippen LogP contribution in [0.15, 0.2) is 0 Å². The van der Waals surface area contributed by atoms with E-state index in [1.54, 1.807) is 0 Å². The summed E-state index contributed by atoms with van der Waals surface area (Å²) in [7, 11) is 0. The molecule has 2 N–H and O–H groups in total. The second kappa shape index (κ2) is 4.23. The zero-order valence-corrected chi connectivity index (χ0v) is 7.45. The maximum atomic E-state index is 10.7. The standard InChI is InChI=1S/C8H13NO4/c1-5(10)9-7-4-13-3-2-6(7)8(11)12/h6-7H,2-4H2,1H3,(H,9,10)(H,11,12). The van der Waals surface area contributed by atoms with Crippen molar-refractivity contribution in [1.82, 2.24) is 5.32 Å². The van der Waals surface area contributed by atoms with Gasteiger partial charge in [-0.15, -0.1) is 0 Å². The van der Waals surface area contributed by atoms with E-state index in [-0.39, 0.29) is 18.6 Å². The highest BCUT2D eigenvalue weighted by atomic mass is 16.5. The van der Waals surface area contributed by atoms with E-state index in [1.165, 1.54) is 6.92 Å². The van der Waals surface area contributed by atoms with Crippen LogP contribution in [0.4, 0.5) is 0 Å². The van der Waals surface area contributed by atoms with Crippen LogP contribution in [0, 0.1) is 5.92 Å². The summed E-state index contributed by atoms with van der Waals surface area (Å²) in [6, 6.07) is -0.385. The van der Waals surface area contributed by atoms with Crippen LogP contribution < -0.4 is 5.32 Å². The summed E-state index contributed by atoms with van der Waals surface area (Å²) in [6.07, 6.45) is 0.459. The first kappa shape index (κ1) is 9.98. The van der Waals surface area contributed by atoms with Gasteiger partial charge in [0.2, 0.25) is 5.91 Å². The molecule has 0 saturated carbocycles. The molecule has 0 aromatic heterocycles. The van der Waals surface area contributed by atoms with Gasteiger partial charge < -0.3 is 15.2 Å². The zero-order chi connectivity index (χ0) is 9.84. The number of carboxylic acid groups (broad SMARTS) is 1. The van der Waals surface area contributed by atoms with Crippen LogP contribution in [0.2, 0.25) is 0 Å². The van der Waals surface area contributed by atoms with Crippen molar-refractivity contribution in [3.63, 3.8) is 0 Å². The van der Waals surface area contributed by atoms with Crippen molar-refractivity contribution in [1.29, 1.82) is 0 Å². The van der Waals surface area contributed by atoms with Crippen molar-refractivity contribution in [3.8, 4) is 0 Å². The molecule has 1 fully saturated rings. The second-order valence-electron chi connectivity index (χ2n) is 3.12. The molecule has 74 valence electrons. The Bertz CT molecular complexity index is 216. The molecule has 0 aromatic rings. The Balaban J connectivity index is 2.56. The first-order valence-corrected chi connectivity index (χ1v) is 4.19. The maximum Gasteiger partial charge on any atom is 0.308 e. The molecule has 1 aliphatic rings. The normalized spacial score (nSPS) is 28.1. The van der Waals surface area contributed by atoms with Crippen LogP contribution in [0.25, 0.3) is 0 Å². The van der Waals surface area contributed by atoms with Gasteiger partial charge in [0.1, 0.15) is 0 Å². The Morgan fingerprint density at radius 2 is 2.23 bits per heavy atom. The molecule has 5 nitrogen and oxygen atoms in total. The number of carbonyl (C=O) groups excluding carboxylic acids is 1. The van der Waals surface area contributed by atoms with E-state index < -0.39 is 11.9 Å². The minimum absolute atomic E-state index is 0.221. The molecule has 1 amide bonds. The number of nitrogens with one attached hydrogen (secondary N) is 1. The quantitative estimate of drug-likeness (QED) is 0.617. The zero-order valence-electron chi connectivity index (χ0n) is 7.45. The summed E-state index contributed by atoms with van der Waals surface area (Å²) in [5.41, 5.74) is 0. The van der Waals surface area contributed by atoms with Crippen LogP contribution >= 0.6 is 0 Å². The van der Waals surface area contributed by atoms with Gasteiger partial charge in [0.15, 0.2) is 0 Å². The van der Waals surface area contributed by atoms with Gasteiger partial charge in [-0.25, -0.2) is 0 Å². The highest BCUT2D eigenvalue weighted by Gasteiger charge is 2.31. The summed E-state index contributed by atoms with van der Waals surface area (Å²) >= 11 is 0. The lowest BCUT2D eigenvalue weighted by molar-refractivity contribution is -0.146. The van der Waals surface area contributed by atoms with Gasteiger partial charge in [-0.2, -0.15) is 0 Å². The van der Waals surface area contributed by atoms with Crippen molar-refractivity contribution >= 4 is 11.9 Å². The molecule has 0 aromatic carbocycles. The molecule has 1 rings (SSSR count). The van der Waals surface area contributed by atoms with E-state index >= 15 is 0 Å². The number of amides is 1. The largest absolute Gasteiger partial charge is 0.481 e. The highest BCUT2D eigenvalue weighted by molar-refractivity contribution is 5.76. The third-order valence-corrected chi connectivity index (χ3v) is 2.06. The Morgan fingerprint density at radius 1 is 1.54 bits per heavy atom. The number of aliphatic carboxylic acids is 1. The van der Waals surface area contributed by atoms with Crippen molar-refractivity contribution in [2.45, 2.75) is 19.4 Å². The SMILES string of the molecule is CC(=O)NC1COCCC1C(=O)O. The molecule has 2 atom stereocenters. The average molecular weight is 187 g/mol. The predicted molar refractivity (Wildman–Crippen MR) is 44.2 cm³/mol. The van der Waals surface area contributed by atoms with Crippen molar-refractivity contribution in [2.24, 2.45) is 5.92 Å². The number of carboxylic acids is 1. The summed E-state index contributed by atoms with van der Waals surface area (Å²) in [6.45, 7) is 2.11. The van der Waals surface area contributed by atoms with Crippen LogP contribution in [0.1, 0.15) is 13.3 Å².